The number of likely N-dealkylation sites (N-methyl/N-ethyl adjacent to an activating group) is 1. The van der Waals surface area contributed by atoms with Gasteiger partial charge >= 0.3 is 0 Å². The van der Waals surface area contributed by atoms with Gasteiger partial charge in [-0.1, -0.05) is 58.4 Å². The number of hydrogen-bond donors (Lipinski definition) is 1. The van der Waals surface area contributed by atoms with Crippen LogP contribution >= 0.6 is 15.9 Å². The zero-order valence-electron chi connectivity index (χ0n) is 14.5. The molecule has 0 radical (unpaired) electrons. The van der Waals surface area contributed by atoms with Crippen molar-refractivity contribution < 1.29 is 9.59 Å². The molecule has 5 heteroatoms. The van der Waals surface area contributed by atoms with Gasteiger partial charge in [0.05, 0.1) is 6.42 Å². The van der Waals surface area contributed by atoms with Crippen molar-refractivity contribution in [2.45, 2.75) is 32.9 Å². The highest BCUT2D eigenvalue weighted by Crippen LogP contribution is 2.15. The zero-order chi connectivity index (χ0) is 18.2. The molecule has 2 amide bonds. The molecule has 2 aromatic carbocycles. The first-order chi connectivity index (χ1) is 12.0. The molecule has 0 aromatic heterocycles. The fourth-order valence-corrected chi connectivity index (χ4v) is 2.83. The standard InChI is InChI=1S/C20H23BrN2O2/c1-3-22-20(25)15(2)23(14-17-9-11-18(21)12-10-17)19(24)13-16-7-5-4-6-8-16/h4-12,15H,3,13-14H2,1-2H3,(H,22,25)/t15-/m0/s1. The summed E-state index contributed by atoms with van der Waals surface area (Å²) >= 11 is 3.41. The summed E-state index contributed by atoms with van der Waals surface area (Å²) in [5.74, 6) is -0.200. The quantitative estimate of drug-likeness (QED) is 0.769. The van der Waals surface area contributed by atoms with Crippen molar-refractivity contribution in [3.05, 3.63) is 70.2 Å². The Hall–Kier alpha value is -2.14. The van der Waals surface area contributed by atoms with Crippen molar-refractivity contribution in [1.82, 2.24) is 10.2 Å². The summed E-state index contributed by atoms with van der Waals surface area (Å²) in [5, 5.41) is 2.80. The van der Waals surface area contributed by atoms with Gasteiger partial charge in [-0.2, -0.15) is 0 Å². The average molecular weight is 403 g/mol. The van der Waals surface area contributed by atoms with E-state index in [1.165, 1.54) is 0 Å². The summed E-state index contributed by atoms with van der Waals surface area (Å²) < 4.78 is 0.982. The lowest BCUT2D eigenvalue weighted by Gasteiger charge is -2.29. The third-order valence-corrected chi connectivity index (χ3v) is 4.51. The number of rotatable bonds is 7. The number of amides is 2. The van der Waals surface area contributed by atoms with Crippen LogP contribution in [0.5, 0.6) is 0 Å². The Balaban J connectivity index is 2.19. The molecule has 0 heterocycles. The highest BCUT2D eigenvalue weighted by atomic mass is 79.9. The molecular weight excluding hydrogens is 380 g/mol. The van der Waals surface area contributed by atoms with E-state index in [1.54, 1.807) is 11.8 Å². The molecule has 1 atom stereocenters. The van der Waals surface area contributed by atoms with Crippen LogP contribution in [0.3, 0.4) is 0 Å². The third kappa shape index (κ3) is 5.71. The van der Waals surface area contributed by atoms with Crippen molar-refractivity contribution in [3.63, 3.8) is 0 Å². The number of nitrogens with zero attached hydrogens (tertiary/aromatic N) is 1. The minimum Gasteiger partial charge on any atom is -0.355 e. The Morgan fingerprint density at radius 2 is 1.68 bits per heavy atom. The monoisotopic (exact) mass is 402 g/mol. The number of hydrogen-bond acceptors (Lipinski definition) is 2. The molecule has 2 aromatic rings. The van der Waals surface area contributed by atoms with Gasteiger partial charge in [0.25, 0.3) is 0 Å². The van der Waals surface area contributed by atoms with Gasteiger partial charge in [0, 0.05) is 17.6 Å². The number of carbonyl (C=O) groups excluding carboxylic acids is 2. The predicted octanol–water partition coefficient (Wildman–Crippen LogP) is 3.55. The van der Waals surface area contributed by atoms with Gasteiger partial charge in [0.1, 0.15) is 6.04 Å². The Kier molecular flexibility index (Phi) is 7.19. The van der Waals surface area contributed by atoms with E-state index in [2.05, 4.69) is 21.2 Å². The molecule has 4 nitrogen and oxygen atoms in total. The first kappa shape index (κ1) is 19.2. The summed E-state index contributed by atoms with van der Waals surface area (Å²) in [6.07, 6.45) is 0.279. The van der Waals surface area contributed by atoms with Crippen molar-refractivity contribution in [2.24, 2.45) is 0 Å². The fourth-order valence-electron chi connectivity index (χ4n) is 2.56. The van der Waals surface area contributed by atoms with Crippen LogP contribution in [-0.4, -0.2) is 29.3 Å². The molecule has 0 saturated carbocycles. The highest BCUT2D eigenvalue weighted by Gasteiger charge is 2.25. The van der Waals surface area contributed by atoms with Crippen LogP contribution in [0.2, 0.25) is 0 Å². The molecule has 1 N–H and O–H groups in total. The third-order valence-electron chi connectivity index (χ3n) is 3.98. The molecule has 132 valence electrons. The maximum absolute atomic E-state index is 12.9. The molecule has 0 aliphatic carbocycles. The Morgan fingerprint density at radius 1 is 1.04 bits per heavy atom. The van der Waals surface area contributed by atoms with Gasteiger partial charge in [-0.05, 0) is 37.1 Å². The van der Waals surface area contributed by atoms with Crippen LogP contribution in [0.4, 0.5) is 0 Å². The van der Waals surface area contributed by atoms with Crippen molar-refractivity contribution in [3.8, 4) is 0 Å². The summed E-state index contributed by atoms with van der Waals surface area (Å²) in [6, 6.07) is 16.8. The van der Waals surface area contributed by atoms with Gasteiger partial charge in [0.2, 0.25) is 11.8 Å². The van der Waals surface area contributed by atoms with Gasteiger partial charge in [-0.15, -0.1) is 0 Å². The molecule has 0 bridgehead atoms. The Morgan fingerprint density at radius 3 is 2.28 bits per heavy atom. The highest BCUT2D eigenvalue weighted by molar-refractivity contribution is 9.10. The maximum Gasteiger partial charge on any atom is 0.242 e. The summed E-state index contributed by atoms with van der Waals surface area (Å²) in [7, 11) is 0. The van der Waals surface area contributed by atoms with E-state index in [0.29, 0.717) is 13.1 Å². The summed E-state index contributed by atoms with van der Waals surface area (Å²) in [5.41, 5.74) is 1.93. The van der Waals surface area contributed by atoms with E-state index in [0.717, 1.165) is 15.6 Å². The van der Waals surface area contributed by atoms with Crippen LogP contribution in [0.25, 0.3) is 0 Å². The summed E-state index contributed by atoms with van der Waals surface area (Å²) in [6.45, 7) is 4.58. The molecular formula is C20H23BrN2O2. The smallest absolute Gasteiger partial charge is 0.242 e. The van der Waals surface area contributed by atoms with Gasteiger partial charge in [-0.25, -0.2) is 0 Å². The Labute approximate surface area is 157 Å². The fraction of sp³-hybridized carbons (Fsp3) is 0.300. The number of benzene rings is 2. The average Bonchev–Trinajstić information content (AvgIpc) is 2.61. The summed E-state index contributed by atoms with van der Waals surface area (Å²) in [4.78, 5) is 26.8. The molecule has 0 aliphatic rings. The second kappa shape index (κ2) is 9.37. The Bertz CT molecular complexity index is 701. The SMILES string of the molecule is CCNC(=O)[C@H](C)N(Cc1ccc(Br)cc1)C(=O)Cc1ccccc1. The van der Waals surface area contributed by atoms with E-state index in [4.69, 9.17) is 0 Å². The minimum atomic E-state index is -0.528. The molecule has 0 aliphatic heterocycles. The molecule has 0 saturated heterocycles. The van der Waals surface area contributed by atoms with Crippen LogP contribution in [-0.2, 0) is 22.6 Å². The number of carbonyl (C=O) groups is 2. The van der Waals surface area contributed by atoms with Gasteiger partial charge in [0.15, 0.2) is 0 Å². The van der Waals surface area contributed by atoms with E-state index in [9.17, 15) is 9.59 Å². The van der Waals surface area contributed by atoms with Crippen LogP contribution in [0.1, 0.15) is 25.0 Å². The minimum absolute atomic E-state index is 0.0622. The van der Waals surface area contributed by atoms with Crippen LogP contribution < -0.4 is 5.32 Å². The first-order valence-corrected chi connectivity index (χ1v) is 9.16. The van der Waals surface area contributed by atoms with E-state index < -0.39 is 6.04 Å². The van der Waals surface area contributed by atoms with Crippen LogP contribution in [0.15, 0.2) is 59.1 Å². The van der Waals surface area contributed by atoms with Gasteiger partial charge in [-0.3, -0.25) is 9.59 Å². The lowest BCUT2D eigenvalue weighted by molar-refractivity contribution is -0.140. The van der Waals surface area contributed by atoms with E-state index >= 15 is 0 Å². The molecule has 2 rings (SSSR count). The van der Waals surface area contributed by atoms with Crippen molar-refractivity contribution in [2.75, 3.05) is 6.54 Å². The number of halogens is 1. The van der Waals surface area contributed by atoms with E-state index in [-0.39, 0.29) is 18.2 Å². The maximum atomic E-state index is 12.9. The van der Waals surface area contributed by atoms with Crippen molar-refractivity contribution >= 4 is 27.7 Å². The number of nitrogens with one attached hydrogen (secondary N) is 1. The second-order valence-corrected chi connectivity index (χ2v) is 6.80. The lowest BCUT2D eigenvalue weighted by atomic mass is 10.1. The zero-order valence-corrected chi connectivity index (χ0v) is 16.1. The van der Waals surface area contributed by atoms with Crippen LogP contribution in [0, 0.1) is 0 Å². The van der Waals surface area contributed by atoms with E-state index in [1.807, 2.05) is 61.5 Å². The molecule has 0 fully saturated rings. The topological polar surface area (TPSA) is 49.4 Å². The predicted molar refractivity (Wildman–Crippen MR) is 103 cm³/mol. The normalized spacial score (nSPS) is 11.6. The molecule has 0 unspecified atom stereocenters. The molecule has 0 spiro atoms. The second-order valence-electron chi connectivity index (χ2n) is 5.88. The van der Waals surface area contributed by atoms with Crippen molar-refractivity contribution in [1.29, 1.82) is 0 Å². The van der Waals surface area contributed by atoms with Gasteiger partial charge < -0.3 is 10.2 Å². The lowest BCUT2D eigenvalue weighted by Crippen LogP contribution is -2.48. The molecule has 25 heavy (non-hydrogen) atoms. The largest absolute Gasteiger partial charge is 0.355 e. The first-order valence-electron chi connectivity index (χ1n) is 8.36.